The maximum Gasteiger partial charge on any atom is 0.0948 e. The molecule has 3 rings (SSSR count). The molecule has 0 amide bonds. The highest BCUT2D eigenvalue weighted by molar-refractivity contribution is 5.11. The lowest BCUT2D eigenvalue weighted by Gasteiger charge is -2.27. The van der Waals surface area contributed by atoms with Gasteiger partial charge in [0, 0.05) is 56.4 Å². The van der Waals surface area contributed by atoms with Crippen LogP contribution in [-0.4, -0.2) is 32.2 Å². The molecule has 2 aromatic rings. The van der Waals surface area contributed by atoms with Gasteiger partial charge in [-0.3, -0.25) is 0 Å². The van der Waals surface area contributed by atoms with E-state index in [1.807, 2.05) is 31.2 Å². The molecular formula is C12H17N5. The van der Waals surface area contributed by atoms with E-state index in [0.717, 1.165) is 32.6 Å². The standard InChI is InChI=1S/C12H17N5/c1(3-16-5-2-13-9-16)4-17-10-15-8-12(17)11-6-14-7-11/h2,5,8-11,14H,1,3-4,6-7H2. The van der Waals surface area contributed by atoms with E-state index in [1.54, 1.807) is 0 Å². The van der Waals surface area contributed by atoms with Crippen LogP contribution < -0.4 is 5.32 Å². The zero-order valence-electron chi connectivity index (χ0n) is 9.79. The van der Waals surface area contributed by atoms with Crippen LogP contribution in [0.15, 0.2) is 31.2 Å². The van der Waals surface area contributed by atoms with E-state index in [1.165, 1.54) is 5.69 Å². The molecule has 0 saturated carbocycles. The highest BCUT2D eigenvalue weighted by Crippen LogP contribution is 2.19. The van der Waals surface area contributed by atoms with Crippen LogP contribution in [0.3, 0.4) is 0 Å². The third-order valence-electron chi connectivity index (χ3n) is 3.32. The Balaban J connectivity index is 1.56. The van der Waals surface area contributed by atoms with Gasteiger partial charge in [-0.2, -0.15) is 0 Å². The van der Waals surface area contributed by atoms with Crippen molar-refractivity contribution in [2.24, 2.45) is 0 Å². The minimum atomic E-state index is 0.658. The molecule has 0 bridgehead atoms. The Labute approximate surface area is 100 Å². The van der Waals surface area contributed by atoms with Crippen LogP contribution in [0.2, 0.25) is 0 Å². The summed E-state index contributed by atoms with van der Waals surface area (Å²) in [5, 5.41) is 3.30. The Morgan fingerprint density at radius 1 is 1.24 bits per heavy atom. The van der Waals surface area contributed by atoms with Crippen molar-refractivity contribution in [2.75, 3.05) is 13.1 Å². The van der Waals surface area contributed by atoms with Gasteiger partial charge in [0.2, 0.25) is 0 Å². The van der Waals surface area contributed by atoms with Gasteiger partial charge in [-0.25, -0.2) is 9.97 Å². The van der Waals surface area contributed by atoms with E-state index < -0.39 is 0 Å². The molecule has 0 spiro atoms. The van der Waals surface area contributed by atoms with Crippen molar-refractivity contribution in [3.8, 4) is 0 Å². The van der Waals surface area contributed by atoms with Gasteiger partial charge < -0.3 is 14.5 Å². The molecule has 0 atom stereocenters. The molecule has 1 saturated heterocycles. The maximum atomic E-state index is 4.26. The highest BCUT2D eigenvalue weighted by Gasteiger charge is 2.21. The number of aryl methyl sites for hydroxylation is 2. The predicted octanol–water partition coefficient (Wildman–Crippen LogP) is 0.857. The fourth-order valence-corrected chi connectivity index (χ4v) is 2.20. The Morgan fingerprint density at radius 2 is 2.18 bits per heavy atom. The molecule has 0 aromatic carbocycles. The Kier molecular flexibility index (Phi) is 2.92. The molecule has 17 heavy (non-hydrogen) atoms. The van der Waals surface area contributed by atoms with Gasteiger partial charge in [0.05, 0.1) is 12.7 Å². The van der Waals surface area contributed by atoms with Crippen molar-refractivity contribution in [3.05, 3.63) is 36.9 Å². The quantitative estimate of drug-likeness (QED) is 0.830. The summed E-state index contributed by atoms with van der Waals surface area (Å²) in [5.74, 6) is 0.658. The zero-order chi connectivity index (χ0) is 11.5. The summed E-state index contributed by atoms with van der Waals surface area (Å²) in [6.07, 6.45) is 10.8. The highest BCUT2D eigenvalue weighted by atomic mass is 15.1. The predicted molar refractivity (Wildman–Crippen MR) is 64.7 cm³/mol. The number of imidazole rings is 2. The molecule has 0 radical (unpaired) electrons. The second kappa shape index (κ2) is 4.71. The first-order chi connectivity index (χ1) is 8.43. The van der Waals surface area contributed by atoms with E-state index in [4.69, 9.17) is 0 Å². The second-order valence-corrected chi connectivity index (χ2v) is 4.52. The minimum absolute atomic E-state index is 0.658. The second-order valence-electron chi connectivity index (χ2n) is 4.52. The van der Waals surface area contributed by atoms with Crippen molar-refractivity contribution in [1.29, 1.82) is 0 Å². The van der Waals surface area contributed by atoms with E-state index >= 15 is 0 Å². The van der Waals surface area contributed by atoms with E-state index in [2.05, 4.69) is 24.4 Å². The summed E-state index contributed by atoms with van der Waals surface area (Å²) in [5.41, 5.74) is 1.37. The van der Waals surface area contributed by atoms with Gasteiger partial charge in [0.25, 0.3) is 0 Å². The summed E-state index contributed by atoms with van der Waals surface area (Å²) in [7, 11) is 0. The van der Waals surface area contributed by atoms with Gasteiger partial charge in [-0.1, -0.05) is 0 Å². The number of hydrogen-bond acceptors (Lipinski definition) is 3. The molecule has 1 N–H and O–H groups in total. The van der Waals surface area contributed by atoms with Crippen LogP contribution in [-0.2, 0) is 13.1 Å². The first kappa shape index (κ1) is 10.5. The molecule has 0 aliphatic carbocycles. The van der Waals surface area contributed by atoms with Gasteiger partial charge in [-0.15, -0.1) is 0 Å². The van der Waals surface area contributed by atoms with Crippen LogP contribution in [0.5, 0.6) is 0 Å². The molecule has 1 aliphatic rings. The third-order valence-corrected chi connectivity index (χ3v) is 3.32. The van der Waals surface area contributed by atoms with Crippen LogP contribution in [0.4, 0.5) is 0 Å². The lowest BCUT2D eigenvalue weighted by Crippen LogP contribution is -2.40. The topological polar surface area (TPSA) is 47.7 Å². The molecular weight excluding hydrogens is 214 g/mol. The van der Waals surface area contributed by atoms with Crippen LogP contribution in [0.25, 0.3) is 0 Å². The number of rotatable bonds is 5. The average Bonchev–Trinajstić information content (AvgIpc) is 2.88. The first-order valence-corrected chi connectivity index (χ1v) is 6.10. The van der Waals surface area contributed by atoms with E-state index in [-0.39, 0.29) is 0 Å². The molecule has 5 heteroatoms. The van der Waals surface area contributed by atoms with Crippen molar-refractivity contribution in [2.45, 2.75) is 25.4 Å². The summed E-state index contributed by atoms with van der Waals surface area (Å²) >= 11 is 0. The van der Waals surface area contributed by atoms with Gasteiger partial charge in [0.15, 0.2) is 0 Å². The zero-order valence-corrected chi connectivity index (χ0v) is 9.79. The van der Waals surface area contributed by atoms with Crippen molar-refractivity contribution in [3.63, 3.8) is 0 Å². The van der Waals surface area contributed by atoms with Crippen molar-refractivity contribution < 1.29 is 0 Å². The van der Waals surface area contributed by atoms with Gasteiger partial charge >= 0.3 is 0 Å². The smallest absolute Gasteiger partial charge is 0.0948 e. The largest absolute Gasteiger partial charge is 0.337 e. The van der Waals surface area contributed by atoms with Crippen molar-refractivity contribution in [1.82, 2.24) is 24.4 Å². The Morgan fingerprint density at radius 3 is 2.88 bits per heavy atom. The third kappa shape index (κ3) is 2.24. The van der Waals surface area contributed by atoms with E-state index in [9.17, 15) is 0 Å². The number of hydrogen-bond donors (Lipinski definition) is 1. The number of nitrogens with one attached hydrogen (secondary N) is 1. The summed E-state index contributed by atoms with van der Waals surface area (Å²) in [6.45, 7) is 4.23. The Hall–Kier alpha value is -1.62. The fraction of sp³-hybridized carbons (Fsp3) is 0.500. The summed E-state index contributed by atoms with van der Waals surface area (Å²) < 4.78 is 4.39. The summed E-state index contributed by atoms with van der Waals surface area (Å²) in [6, 6.07) is 0. The molecule has 5 nitrogen and oxygen atoms in total. The lowest BCUT2D eigenvalue weighted by atomic mass is 10.00. The molecule has 90 valence electrons. The van der Waals surface area contributed by atoms with E-state index in [0.29, 0.717) is 5.92 Å². The molecule has 1 fully saturated rings. The molecule has 1 aliphatic heterocycles. The fourth-order valence-electron chi connectivity index (χ4n) is 2.20. The SMILES string of the molecule is c1cn(CCCn2cncc2C2CNC2)cn1. The van der Waals surface area contributed by atoms with Crippen LogP contribution in [0.1, 0.15) is 18.0 Å². The van der Waals surface area contributed by atoms with Crippen molar-refractivity contribution >= 4 is 0 Å². The normalized spacial score (nSPS) is 16.0. The number of aromatic nitrogens is 4. The molecule has 3 heterocycles. The monoisotopic (exact) mass is 231 g/mol. The molecule has 2 aromatic heterocycles. The summed E-state index contributed by atoms with van der Waals surface area (Å²) in [4.78, 5) is 8.30. The van der Waals surface area contributed by atoms with Gasteiger partial charge in [-0.05, 0) is 6.42 Å². The van der Waals surface area contributed by atoms with Crippen LogP contribution >= 0.6 is 0 Å². The lowest BCUT2D eigenvalue weighted by molar-refractivity contribution is 0.418. The Bertz CT molecular complexity index is 455. The minimum Gasteiger partial charge on any atom is -0.337 e. The van der Waals surface area contributed by atoms with Gasteiger partial charge in [0.1, 0.15) is 0 Å². The maximum absolute atomic E-state index is 4.26. The van der Waals surface area contributed by atoms with Crippen LogP contribution in [0, 0.1) is 0 Å². The number of nitrogens with zero attached hydrogens (tertiary/aromatic N) is 4. The first-order valence-electron chi connectivity index (χ1n) is 6.10. The molecule has 0 unspecified atom stereocenters. The average molecular weight is 231 g/mol.